The summed E-state index contributed by atoms with van der Waals surface area (Å²) in [7, 11) is 4.63. The van der Waals surface area contributed by atoms with Gasteiger partial charge in [0, 0.05) is 25.3 Å². The van der Waals surface area contributed by atoms with Crippen LogP contribution in [-0.4, -0.2) is 26.4 Å². The first-order chi connectivity index (χ1) is 11.0. The van der Waals surface area contributed by atoms with Gasteiger partial charge in [-0.25, -0.2) is 0 Å². The van der Waals surface area contributed by atoms with Gasteiger partial charge in [0.1, 0.15) is 5.75 Å². The van der Waals surface area contributed by atoms with Gasteiger partial charge >= 0.3 is 0 Å². The highest BCUT2D eigenvalue weighted by Gasteiger charge is 2.65. The van der Waals surface area contributed by atoms with Crippen molar-refractivity contribution in [2.24, 2.45) is 0 Å². The quantitative estimate of drug-likeness (QED) is 0.587. The number of benzene rings is 1. The molecule has 126 valence electrons. The SMILES string of the molecule is C=C(/C=C\C1(O)c2c(OC)cccc2C1(OC)OC)CCCC. The highest BCUT2D eigenvalue weighted by atomic mass is 16.7. The van der Waals surface area contributed by atoms with Gasteiger partial charge in [0.2, 0.25) is 5.79 Å². The summed E-state index contributed by atoms with van der Waals surface area (Å²) in [4.78, 5) is 0. The zero-order valence-electron chi connectivity index (χ0n) is 14.4. The van der Waals surface area contributed by atoms with Crippen molar-refractivity contribution in [3.8, 4) is 5.75 Å². The van der Waals surface area contributed by atoms with Gasteiger partial charge in [0.05, 0.1) is 7.11 Å². The Labute approximate surface area is 138 Å². The standard InChI is InChI=1S/C19H26O4/c1-6-7-9-14(2)12-13-18(20)17-15(19(18,22-4)23-5)10-8-11-16(17)21-3/h8,10-13,20H,2,6-7,9H2,1,3-5H3/b13-12-. The van der Waals surface area contributed by atoms with Crippen LogP contribution in [0, 0.1) is 0 Å². The van der Waals surface area contributed by atoms with Gasteiger partial charge in [-0.2, -0.15) is 0 Å². The molecule has 0 saturated carbocycles. The number of hydrogen-bond acceptors (Lipinski definition) is 4. The lowest BCUT2D eigenvalue weighted by atomic mass is 9.66. The molecule has 0 aromatic heterocycles. The van der Waals surface area contributed by atoms with Crippen molar-refractivity contribution in [3.05, 3.63) is 53.6 Å². The van der Waals surface area contributed by atoms with Gasteiger partial charge in [-0.15, -0.1) is 0 Å². The zero-order chi connectivity index (χ0) is 17.1. The van der Waals surface area contributed by atoms with Crippen LogP contribution in [0.3, 0.4) is 0 Å². The van der Waals surface area contributed by atoms with Crippen LogP contribution in [-0.2, 0) is 20.9 Å². The van der Waals surface area contributed by atoms with E-state index in [4.69, 9.17) is 14.2 Å². The summed E-state index contributed by atoms with van der Waals surface area (Å²) in [5, 5.41) is 11.3. The molecule has 0 heterocycles. The fourth-order valence-corrected chi connectivity index (χ4v) is 3.21. The Kier molecular flexibility index (Phi) is 5.30. The Hall–Kier alpha value is -1.62. The van der Waals surface area contributed by atoms with E-state index in [0.29, 0.717) is 11.3 Å². The molecule has 1 atom stereocenters. The molecule has 1 aromatic carbocycles. The molecule has 1 aliphatic carbocycles. The zero-order valence-corrected chi connectivity index (χ0v) is 14.4. The first-order valence-electron chi connectivity index (χ1n) is 7.88. The third kappa shape index (κ3) is 2.61. The fourth-order valence-electron chi connectivity index (χ4n) is 3.21. The minimum atomic E-state index is -1.42. The van der Waals surface area contributed by atoms with Gasteiger partial charge in [-0.05, 0) is 25.0 Å². The highest BCUT2D eigenvalue weighted by Crippen LogP contribution is 2.59. The van der Waals surface area contributed by atoms with E-state index in [9.17, 15) is 5.11 Å². The molecule has 0 radical (unpaired) electrons. The molecule has 0 fully saturated rings. The minimum absolute atomic E-state index is 0.610. The molecular formula is C19H26O4. The summed E-state index contributed by atoms with van der Waals surface area (Å²) in [5.74, 6) is -0.628. The number of fused-ring (bicyclic) bond motifs is 1. The van der Waals surface area contributed by atoms with Crippen LogP contribution >= 0.6 is 0 Å². The average molecular weight is 318 g/mol. The van der Waals surface area contributed by atoms with Crippen molar-refractivity contribution in [3.63, 3.8) is 0 Å². The van der Waals surface area contributed by atoms with Crippen molar-refractivity contribution in [1.29, 1.82) is 0 Å². The number of rotatable bonds is 8. The fraction of sp³-hybridized carbons (Fsp3) is 0.474. The molecule has 4 nitrogen and oxygen atoms in total. The summed E-state index contributed by atoms with van der Waals surface area (Å²) < 4.78 is 16.5. The predicted molar refractivity (Wildman–Crippen MR) is 90.4 cm³/mol. The minimum Gasteiger partial charge on any atom is -0.496 e. The molecular weight excluding hydrogens is 292 g/mol. The number of methoxy groups -OCH3 is 3. The van der Waals surface area contributed by atoms with E-state index in [1.54, 1.807) is 13.2 Å². The first-order valence-corrected chi connectivity index (χ1v) is 7.88. The molecule has 1 aromatic rings. The number of allylic oxidation sites excluding steroid dienone is 2. The lowest BCUT2D eigenvalue weighted by Crippen LogP contribution is -2.60. The maximum Gasteiger partial charge on any atom is 0.233 e. The summed E-state index contributed by atoms with van der Waals surface area (Å²) in [6.45, 7) is 6.18. The van der Waals surface area contributed by atoms with Crippen LogP contribution in [0.15, 0.2) is 42.5 Å². The maximum atomic E-state index is 11.3. The Morgan fingerprint density at radius 1 is 1.26 bits per heavy atom. The van der Waals surface area contributed by atoms with E-state index in [2.05, 4.69) is 13.5 Å². The Bertz CT molecular complexity index is 601. The second-order valence-electron chi connectivity index (χ2n) is 5.77. The van der Waals surface area contributed by atoms with Crippen LogP contribution in [0.25, 0.3) is 0 Å². The molecule has 23 heavy (non-hydrogen) atoms. The third-order valence-electron chi connectivity index (χ3n) is 4.47. The summed E-state index contributed by atoms with van der Waals surface area (Å²) in [5.41, 5.74) is 0.983. The molecule has 2 rings (SSSR count). The number of aliphatic hydroxyl groups is 1. The number of unbranched alkanes of at least 4 members (excludes halogenated alkanes) is 1. The summed E-state index contributed by atoms with van der Waals surface area (Å²) in [6.07, 6.45) is 6.62. The van der Waals surface area contributed by atoms with Crippen molar-refractivity contribution >= 4 is 0 Å². The first kappa shape index (κ1) is 17.7. The van der Waals surface area contributed by atoms with Gasteiger partial charge in [-0.3, -0.25) is 0 Å². The molecule has 1 unspecified atom stereocenters. The highest BCUT2D eigenvalue weighted by molar-refractivity contribution is 5.59. The van der Waals surface area contributed by atoms with Crippen LogP contribution in [0.1, 0.15) is 37.3 Å². The largest absolute Gasteiger partial charge is 0.496 e. The summed E-state index contributed by atoms with van der Waals surface area (Å²) >= 11 is 0. The van der Waals surface area contributed by atoms with E-state index < -0.39 is 11.4 Å². The third-order valence-corrected chi connectivity index (χ3v) is 4.47. The van der Waals surface area contributed by atoms with E-state index in [1.807, 2.05) is 24.3 Å². The van der Waals surface area contributed by atoms with Crippen LogP contribution in [0.2, 0.25) is 0 Å². The molecule has 0 saturated heterocycles. The molecule has 0 spiro atoms. The van der Waals surface area contributed by atoms with Gasteiger partial charge in [0.25, 0.3) is 0 Å². The van der Waals surface area contributed by atoms with Gasteiger partial charge in [-0.1, -0.05) is 43.7 Å². The Balaban J connectivity index is 2.44. The molecule has 1 aliphatic rings. The average Bonchev–Trinajstić information content (AvgIpc) is 2.58. The smallest absolute Gasteiger partial charge is 0.233 e. The van der Waals surface area contributed by atoms with Crippen molar-refractivity contribution < 1.29 is 19.3 Å². The van der Waals surface area contributed by atoms with Crippen LogP contribution < -0.4 is 4.74 Å². The van der Waals surface area contributed by atoms with E-state index >= 15 is 0 Å². The molecule has 1 N–H and O–H groups in total. The van der Waals surface area contributed by atoms with E-state index in [-0.39, 0.29) is 0 Å². The molecule has 0 bridgehead atoms. The van der Waals surface area contributed by atoms with Crippen molar-refractivity contribution in [1.82, 2.24) is 0 Å². The van der Waals surface area contributed by atoms with Crippen molar-refractivity contribution in [2.75, 3.05) is 21.3 Å². The number of hydrogen-bond donors (Lipinski definition) is 1. The van der Waals surface area contributed by atoms with E-state index in [1.165, 1.54) is 14.2 Å². The Morgan fingerprint density at radius 3 is 2.52 bits per heavy atom. The lowest BCUT2D eigenvalue weighted by Gasteiger charge is -2.53. The van der Waals surface area contributed by atoms with Gasteiger partial charge < -0.3 is 19.3 Å². The van der Waals surface area contributed by atoms with Gasteiger partial charge in [0.15, 0.2) is 5.60 Å². The Morgan fingerprint density at radius 2 is 1.96 bits per heavy atom. The molecule has 4 heteroatoms. The second kappa shape index (κ2) is 6.87. The van der Waals surface area contributed by atoms with Crippen LogP contribution in [0.4, 0.5) is 0 Å². The monoisotopic (exact) mass is 318 g/mol. The normalized spacial score (nSPS) is 21.8. The molecule has 0 amide bonds. The maximum absolute atomic E-state index is 11.3. The number of ether oxygens (including phenoxy) is 3. The van der Waals surface area contributed by atoms with Crippen LogP contribution in [0.5, 0.6) is 5.75 Å². The molecule has 0 aliphatic heterocycles. The predicted octanol–water partition coefficient (Wildman–Crippen LogP) is 3.64. The summed E-state index contributed by atoms with van der Waals surface area (Å²) in [6, 6.07) is 5.55. The topological polar surface area (TPSA) is 47.9 Å². The second-order valence-corrected chi connectivity index (χ2v) is 5.77. The van der Waals surface area contributed by atoms with Crippen molar-refractivity contribution in [2.45, 2.75) is 37.6 Å². The van der Waals surface area contributed by atoms with E-state index in [0.717, 1.165) is 30.4 Å². The lowest BCUT2D eigenvalue weighted by molar-refractivity contribution is -0.325.